The highest BCUT2D eigenvalue weighted by Gasteiger charge is 2.36. The molecular weight excluding hydrogens is 152 g/mol. The van der Waals surface area contributed by atoms with Crippen LogP contribution in [0.2, 0.25) is 0 Å². The van der Waals surface area contributed by atoms with Gasteiger partial charge in [0, 0.05) is 5.88 Å². The number of unbranched alkanes of at least 4 members (excludes halogenated alkanes) is 1. The highest BCUT2D eigenvalue weighted by molar-refractivity contribution is 6.17. The number of ether oxygens (including phenoxy) is 1. The van der Waals surface area contributed by atoms with E-state index in [9.17, 15) is 0 Å². The van der Waals surface area contributed by atoms with Crippen molar-refractivity contribution in [3.63, 3.8) is 0 Å². The predicted molar refractivity (Wildman–Crippen MR) is 40.3 cm³/mol. The van der Waals surface area contributed by atoms with Crippen molar-refractivity contribution >= 4 is 11.6 Å². The number of alkyl halides is 1. The molecule has 0 aromatic carbocycles. The van der Waals surface area contributed by atoms with Gasteiger partial charge in [0.25, 0.3) is 0 Å². The van der Waals surface area contributed by atoms with Gasteiger partial charge in [-0.1, -0.05) is 0 Å². The van der Waals surface area contributed by atoms with Crippen molar-refractivity contribution < 1.29 is 9.84 Å². The van der Waals surface area contributed by atoms with Crippen LogP contribution in [0.3, 0.4) is 0 Å². The third-order valence-corrected chi connectivity index (χ3v) is 2.01. The first kappa shape index (κ1) is 8.31. The lowest BCUT2D eigenvalue weighted by Crippen LogP contribution is -1.98. The molecule has 0 spiro atoms. The number of hydrogen-bond donors (Lipinski definition) is 1. The highest BCUT2D eigenvalue weighted by Crippen LogP contribution is 2.26. The number of hydrogen-bond acceptors (Lipinski definition) is 2. The molecule has 1 saturated heterocycles. The van der Waals surface area contributed by atoms with Crippen LogP contribution in [0.15, 0.2) is 0 Å². The summed E-state index contributed by atoms with van der Waals surface area (Å²) in [5.41, 5.74) is 0. The van der Waals surface area contributed by atoms with Gasteiger partial charge in [0.1, 0.15) is 6.10 Å². The highest BCUT2D eigenvalue weighted by atomic mass is 35.5. The quantitative estimate of drug-likeness (QED) is 0.376. The molecule has 1 aliphatic rings. The van der Waals surface area contributed by atoms with Crippen LogP contribution in [-0.4, -0.2) is 29.8 Å². The summed E-state index contributed by atoms with van der Waals surface area (Å²) >= 11 is 5.49. The van der Waals surface area contributed by atoms with E-state index in [1.54, 1.807) is 0 Å². The summed E-state index contributed by atoms with van der Waals surface area (Å²) in [7, 11) is 0. The van der Waals surface area contributed by atoms with E-state index in [0.29, 0.717) is 6.10 Å². The van der Waals surface area contributed by atoms with Crippen LogP contribution in [0, 0.1) is 0 Å². The van der Waals surface area contributed by atoms with Gasteiger partial charge in [-0.2, -0.15) is 0 Å². The Hall–Kier alpha value is 0.210. The molecule has 0 aromatic rings. The van der Waals surface area contributed by atoms with Gasteiger partial charge in [0.15, 0.2) is 0 Å². The molecule has 1 fully saturated rings. The van der Waals surface area contributed by atoms with Crippen molar-refractivity contribution in [3.05, 3.63) is 0 Å². The lowest BCUT2D eigenvalue weighted by molar-refractivity contribution is 0.241. The maximum Gasteiger partial charge on any atom is 0.107 e. The van der Waals surface area contributed by atoms with Crippen LogP contribution in [0.25, 0.3) is 0 Å². The fourth-order valence-electron chi connectivity index (χ4n) is 1.03. The molecule has 1 aliphatic heterocycles. The molecule has 60 valence electrons. The van der Waals surface area contributed by atoms with E-state index >= 15 is 0 Å². The molecule has 0 bridgehead atoms. The van der Waals surface area contributed by atoms with Crippen molar-refractivity contribution in [2.24, 2.45) is 0 Å². The first-order valence-electron chi connectivity index (χ1n) is 3.70. The fraction of sp³-hybridized carbons (Fsp3) is 1.00. The van der Waals surface area contributed by atoms with Crippen LogP contribution < -0.4 is 0 Å². The Morgan fingerprint density at radius 2 is 2.10 bits per heavy atom. The zero-order valence-corrected chi connectivity index (χ0v) is 6.68. The summed E-state index contributed by atoms with van der Waals surface area (Å²) in [5, 5.41) is 8.58. The molecule has 2 atom stereocenters. The van der Waals surface area contributed by atoms with Gasteiger partial charge in [-0.05, 0) is 19.3 Å². The first-order valence-corrected chi connectivity index (χ1v) is 4.24. The lowest BCUT2D eigenvalue weighted by atomic mass is 10.2. The second-order valence-corrected chi connectivity index (χ2v) is 2.96. The molecule has 1 rings (SSSR count). The van der Waals surface area contributed by atoms with Gasteiger partial charge in [-0.3, -0.25) is 0 Å². The van der Waals surface area contributed by atoms with Crippen molar-refractivity contribution in [3.8, 4) is 0 Å². The number of rotatable bonds is 5. The summed E-state index contributed by atoms with van der Waals surface area (Å²) in [4.78, 5) is 0. The van der Waals surface area contributed by atoms with Gasteiger partial charge >= 0.3 is 0 Å². The van der Waals surface area contributed by atoms with E-state index in [1.165, 1.54) is 0 Å². The van der Waals surface area contributed by atoms with E-state index in [2.05, 4.69) is 0 Å². The molecule has 3 heteroatoms. The molecule has 0 aromatic heterocycles. The van der Waals surface area contributed by atoms with Crippen LogP contribution in [0.1, 0.15) is 19.3 Å². The topological polar surface area (TPSA) is 32.8 Å². The smallest absolute Gasteiger partial charge is 0.107 e. The van der Waals surface area contributed by atoms with Gasteiger partial charge < -0.3 is 9.84 Å². The second-order valence-electron chi connectivity index (χ2n) is 2.58. The molecule has 0 radical (unpaired) electrons. The molecule has 1 heterocycles. The number of aliphatic hydroxyl groups is 1. The van der Waals surface area contributed by atoms with Crippen LogP contribution in [0.5, 0.6) is 0 Å². The fourth-order valence-corrected chi connectivity index (χ4v) is 1.22. The number of halogens is 1. The van der Waals surface area contributed by atoms with Crippen molar-refractivity contribution in [1.29, 1.82) is 0 Å². The summed E-state index contributed by atoms with van der Waals surface area (Å²) < 4.78 is 5.12. The molecule has 1 N–H and O–H groups in total. The predicted octanol–water partition coefficient (Wildman–Crippen LogP) is 1.16. The molecule has 0 saturated carbocycles. The van der Waals surface area contributed by atoms with Gasteiger partial charge in [0.05, 0.1) is 12.7 Å². The van der Waals surface area contributed by atoms with E-state index in [1.807, 2.05) is 0 Å². The average molecular weight is 165 g/mol. The Labute approximate surface area is 66.1 Å². The van der Waals surface area contributed by atoms with Gasteiger partial charge in [0.2, 0.25) is 0 Å². The largest absolute Gasteiger partial charge is 0.394 e. The average Bonchev–Trinajstić information content (AvgIpc) is 2.68. The van der Waals surface area contributed by atoms with Gasteiger partial charge in [-0.15, -0.1) is 11.6 Å². The minimum absolute atomic E-state index is 0.135. The van der Waals surface area contributed by atoms with Crippen LogP contribution in [-0.2, 0) is 4.74 Å². The van der Waals surface area contributed by atoms with Gasteiger partial charge in [-0.25, -0.2) is 0 Å². The third kappa shape index (κ3) is 2.45. The van der Waals surface area contributed by atoms with E-state index < -0.39 is 0 Å². The zero-order chi connectivity index (χ0) is 7.40. The van der Waals surface area contributed by atoms with E-state index in [4.69, 9.17) is 21.4 Å². The Morgan fingerprint density at radius 3 is 2.60 bits per heavy atom. The summed E-state index contributed by atoms with van der Waals surface area (Å²) in [5.74, 6) is 0.733. The summed E-state index contributed by atoms with van der Waals surface area (Å²) in [6.45, 7) is 0.172. The maximum absolute atomic E-state index is 8.58. The second kappa shape index (κ2) is 4.16. The van der Waals surface area contributed by atoms with Crippen molar-refractivity contribution in [2.45, 2.75) is 31.5 Å². The number of epoxide rings is 1. The maximum atomic E-state index is 8.58. The van der Waals surface area contributed by atoms with E-state index in [-0.39, 0.29) is 12.7 Å². The van der Waals surface area contributed by atoms with Crippen molar-refractivity contribution in [1.82, 2.24) is 0 Å². The van der Waals surface area contributed by atoms with Crippen molar-refractivity contribution in [2.75, 3.05) is 12.5 Å². The molecule has 0 aliphatic carbocycles. The Kier molecular flexibility index (Phi) is 3.46. The normalized spacial score (nSPS) is 30.6. The van der Waals surface area contributed by atoms with Crippen LogP contribution >= 0.6 is 11.6 Å². The molecule has 10 heavy (non-hydrogen) atoms. The standard InChI is InChI=1S/C7H13ClO2/c8-4-2-1-3-6-7(5-9)10-6/h6-7,9H,1-5H2. The summed E-state index contributed by atoms with van der Waals surface area (Å²) in [6.07, 6.45) is 3.69. The minimum atomic E-state index is 0.135. The Balaban J connectivity index is 1.87. The van der Waals surface area contributed by atoms with E-state index in [0.717, 1.165) is 25.1 Å². The molecule has 2 nitrogen and oxygen atoms in total. The number of aliphatic hydroxyl groups excluding tert-OH is 1. The summed E-state index contributed by atoms with van der Waals surface area (Å²) in [6, 6.07) is 0. The first-order chi connectivity index (χ1) is 4.88. The molecule has 0 amide bonds. The lowest BCUT2D eigenvalue weighted by Gasteiger charge is -1.91. The Morgan fingerprint density at radius 1 is 1.30 bits per heavy atom. The Bertz CT molecular complexity index is 97.6. The molecular formula is C7H13ClO2. The minimum Gasteiger partial charge on any atom is -0.394 e. The zero-order valence-electron chi connectivity index (χ0n) is 5.92. The SMILES string of the molecule is OCC1OC1CCCCCl. The third-order valence-electron chi connectivity index (χ3n) is 1.74. The van der Waals surface area contributed by atoms with Crippen LogP contribution in [0.4, 0.5) is 0 Å². The molecule has 2 unspecified atom stereocenters. The monoisotopic (exact) mass is 164 g/mol.